The van der Waals surface area contributed by atoms with Crippen LogP contribution in [0.15, 0.2) is 47.6 Å². The molecule has 26 heavy (non-hydrogen) atoms. The molecule has 7 nitrogen and oxygen atoms in total. The van der Waals surface area contributed by atoms with Crippen LogP contribution in [0.5, 0.6) is 17.2 Å². The lowest BCUT2D eigenvalue weighted by molar-refractivity contribution is -0.119. The average Bonchev–Trinajstić information content (AvgIpc) is 2.69. The number of nitrogens with zero attached hydrogens (tertiary/aromatic N) is 1. The fourth-order valence-corrected chi connectivity index (χ4v) is 2.31. The Morgan fingerprint density at radius 3 is 2.42 bits per heavy atom. The van der Waals surface area contributed by atoms with Crippen LogP contribution in [0.1, 0.15) is 12.5 Å². The average molecular weight is 357 g/mol. The number of benzene rings is 2. The van der Waals surface area contributed by atoms with Crippen molar-refractivity contribution in [3.05, 3.63) is 48.0 Å². The van der Waals surface area contributed by atoms with Gasteiger partial charge < -0.3 is 19.5 Å². The summed E-state index contributed by atoms with van der Waals surface area (Å²) in [7, 11) is 4.74. The number of carbonyl (C=O) groups excluding carboxylic acids is 1. The zero-order chi connectivity index (χ0) is 18.9. The van der Waals surface area contributed by atoms with Gasteiger partial charge in [0.1, 0.15) is 17.2 Å². The standard InChI is InChI=1S/C19H23N3O4/c1-13(15-10-9-14(24-2)11-18(15)26-4)21-22-19(23)12-20-16-7-5-6-8-17(16)25-3/h5-11,20H,12H2,1-4H3,(H,22,23). The van der Waals surface area contributed by atoms with Gasteiger partial charge in [-0.1, -0.05) is 12.1 Å². The quantitative estimate of drug-likeness (QED) is 0.561. The van der Waals surface area contributed by atoms with Gasteiger partial charge in [0.25, 0.3) is 5.91 Å². The van der Waals surface area contributed by atoms with Crippen molar-refractivity contribution in [2.45, 2.75) is 6.92 Å². The van der Waals surface area contributed by atoms with Crippen molar-refractivity contribution in [2.24, 2.45) is 5.10 Å². The number of hydrazone groups is 1. The first-order chi connectivity index (χ1) is 12.6. The van der Waals surface area contributed by atoms with Crippen molar-refractivity contribution in [1.82, 2.24) is 5.43 Å². The second kappa shape index (κ2) is 9.31. The van der Waals surface area contributed by atoms with E-state index in [9.17, 15) is 4.79 Å². The predicted molar refractivity (Wildman–Crippen MR) is 101 cm³/mol. The van der Waals surface area contributed by atoms with Crippen LogP contribution in [-0.4, -0.2) is 39.5 Å². The SMILES string of the molecule is COc1ccc(C(C)=NNC(=O)CNc2ccccc2OC)c(OC)c1. The first kappa shape index (κ1) is 19.1. The highest BCUT2D eigenvalue weighted by Gasteiger charge is 2.09. The third-order valence-electron chi connectivity index (χ3n) is 3.69. The Morgan fingerprint density at radius 1 is 1.00 bits per heavy atom. The van der Waals surface area contributed by atoms with E-state index in [1.807, 2.05) is 36.4 Å². The van der Waals surface area contributed by atoms with Gasteiger partial charge >= 0.3 is 0 Å². The van der Waals surface area contributed by atoms with Gasteiger partial charge in [0.2, 0.25) is 0 Å². The molecule has 2 aromatic carbocycles. The molecule has 2 rings (SSSR count). The maximum atomic E-state index is 12.0. The summed E-state index contributed by atoms with van der Waals surface area (Å²) in [6.07, 6.45) is 0. The summed E-state index contributed by atoms with van der Waals surface area (Å²) >= 11 is 0. The normalized spacial score (nSPS) is 10.8. The monoisotopic (exact) mass is 357 g/mol. The third kappa shape index (κ3) is 4.89. The van der Waals surface area contributed by atoms with Crippen LogP contribution in [0.3, 0.4) is 0 Å². The number of carbonyl (C=O) groups is 1. The van der Waals surface area contributed by atoms with Crippen LogP contribution in [-0.2, 0) is 4.79 Å². The molecular formula is C19H23N3O4. The molecule has 0 aliphatic heterocycles. The van der Waals surface area contributed by atoms with E-state index in [1.165, 1.54) is 0 Å². The van der Waals surface area contributed by atoms with Crippen LogP contribution in [0, 0.1) is 0 Å². The summed E-state index contributed by atoms with van der Waals surface area (Å²) in [5.74, 6) is 1.70. The number of hydrogen-bond acceptors (Lipinski definition) is 6. The predicted octanol–water partition coefficient (Wildman–Crippen LogP) is 2.66. The van der Waals surface area contributed by atoms with Crippen LogP contribution in [0.4, 0.5) is 5.69 Å². The van der Waals surface area contributed by atoms with Crippen LogP contribution < -0.4 is 25.0 Å². The van der Waals surface area contributed by atoms with Crippen molar-refractivity contribution >= 4 is 17.3 Å². The molecule has 0 unspecified atom stereocenters. The summed E-state index contributed by atoms with van der Waals surface area (Å²) < 4.78 is 15.8. The van der Waals surface area contributed by atoms with Crippen LogP contribution in [0.2, 0.25) is 0 Å². The largest absolute Gasteiger partial charge is 0.497 e. The molecule has 138 valence electrons. The minimum Gasteiger partial charge on any atom is -0.497 e. The maximum absolute atomic E-state index is 12.0. The summed E-state index contributed by atoms with van der Waals surface area (Å²) in [6.45, 7) is 1.86. The van der Waals surface area contributed by atoms with E-state index >= 15 is 0 Å². The summed E-state index contributed by atoms with van der Waals surface area (Å²) in [5.41, 5.74) is 4.66. The Morgan fingerprint density at radius 2 is 1.73 bits per heavy atom. The Bertz CT molecular complexity index is 790. The molecule has 0 aliphatic rings. The number of amides is 1. The number of rotatable bonds is 8. The number of para-hydroxylation sites is 2. The van der Waals surface area contributed by atoms with E-state index in [2.05, 4.69) is 15.8 Å². The zero-order valence-corrected chi connectivity index (χ0v) is 15.3. The highest BCUT2D eigenvalue weighted by molar-refractivity contribution is 6.01. The molecule has 2 N–H and O–H groups in total. The Labute approximate surface area is 153 Å². The second-order valence-corrected chi connectivity index (χ2v) is 5.35. The Kier molecular flexibility index (Phi) is 6.84. The van der Waals surface area contributed by atoms with Crippen LogP contribution in [0.25, 0.3) is 0 Å². The first-order valence-corrected chi connectivity index (χ1v) is 8.01. The molecule has 0 fully saturated rings. The lowest BCUT2D eigenvalue weighted by Crippen LogP contribution is -2.27. The number of methoxy groups -OCH3 is 3. The van der Waals surface area contributed by atoms with Crippen LogP contribution >= 0.6 is 0 Å². The topological polar surface area (TPSA) is 81.2 Å². The minimum absolute atomic E-state index is 0.0664. The highest BCUT2D eigenvalue weighted by Crippen LogP contribution is 2.25. The van der Waals surface area contributed by atoms with Crippen molar-refractivity contribution in [3.63, 3.8) is 0 Å². The van der Waals surface area contributed by atoms with Gasteiger partial charge in [-0.15, -0.1) is 0 Å². The van der Waals surface area contributed by atoms with Crippen molar-refractivity contribution in [3.8, 4) is 17.2 Å². The molecule has 0 saturated carbocycles. The molecule has 2 aromatic rings. The van der Waals surface area contributed by atoms with E-state index in [0.29, 0.717) is 23.0 Å². The van der Waals surface area contributed by atoms with E-state index < -0.39 is 0 Å². The summed E-state index contributed by atoms with van der Waals surface area (Å²) in [5, 5.41) is 7.16. The van der Waals surface area contributed by atoms with Gasteiger partial charge in [-0.05, 0) is 31.2 Å². The number of hydrogen-bond donors (Lipinski definition) is 2. The van der Waals surface area contributed by atoms with Crippen molar-refractivity contribution < 1.29 is 19.0 Å². The minimum atomic E-state index is -0.275. The fraction of sp³-hybridized carbons (Fsp3) is 0.263. The van der Waals surface area contributed by atoms with Crippen molar-refractivity contribution in [1.29, 1.82) is 0 Å². The Hall–Kier alpha value is -3.22. The van der Waals surface area contributed by atoms with Gasteiger partial charge in [0.05, 0.1) is 39.3 Å². The molecule has 0 saturated heterocycles. The van der Waals surface area contributed by atoms with Gasteiger partial charge in [0.15, 0.2) is 0 Å². The van der Waals surface area contributed by atoms with Crippen molar-refractivity contribution in [2.75, 3.05) is 33.2 Å². The number of nitrogens with one attached hydrogen (secondary N) is 2. The zero-order valence-electron chi connectivity index (χ0n) is 15.3. The maximum Gasteiger partial charge on any atom is 0.259 e. The molecular weight excluding hydrogens is 334 g/mol. The third-order valence-corrected chi connectivity index (χ3v) is 3.69. The molecule has 0 bridgehead atoms. The molecule has 0 aliphatic carbocycles. The molecule has 0 spiro atoms. The van der Waals surface area contributed by atoms with Gasteiger partial charge in [-0.3, -0.25) is 4.79 Å². The van der Waals surface area contributed by atoms with Gasteiger partial charge in [-0.25, -0.2) is 5.43 Å². The molecule has 0 heterocycles. The molecule has 7 heteroatoms. The lowest BCUT2D eigenvalue weighted by Gasteiger charge is -2.11. The fourth-order valence-electron chi connectivity index (χ4n) is 2.31. The van der Waals surface area contributed by atoms with E-state index in [-0.39, 0.29) is 12.5 Å². The van der Waals surface area contributed by atoms with E-state index in [1.54, 1.807) is 34.3 Å². The van der Waals surface area contributed by atoms with Gasteiger partial charge in [0, 0.05) is 11.6 Å². The lowest BCUT2D eigenvalue weighted by atomic mass is 10.1. The number of ether oxygens (including phenoxy) is 3. The van der Waals surface area contributed by atoms with Gasteiger partial charge in [-0.2, -0.15) is 5.10 Å². The smallest absolute Gasteiger partial charge is 0.259 e. The first-order valence-electron chi connectivity index (χ1n) is 8.01. The number of anilines is 1. The Balaban J connectivity index is 1.99. The molecule has 1 amide bonds. The highest BCUT2D eigenvalue weighted by atomic mass is 16.5. The molecule has 0 radical (unpaired) electrons. The molecule has 0 aromatic heterocycles. The second-order valence-electron chi connectivity index (χ2n) is 5.35. The summed E-state index contributed by atoms with van der Waals surface area (Å²) in [4.78, 5) is 12.0. The van der Waals surface area contributed by atoms with E-state index in [4.69, 9.17) is 14.2 Å². The van der Waals surface area contributed by atoms with E-state index in [0.717, 1.165) is 11.3 Å². The molecule has 0 atom stereocenters. The summed E-state index contributed by atoms with van der Waals surface area (Å²) in [6, 6.07) is 12.8.